The van der Waals surface area contributed by atoms with E-state index in [2.05, 4.69) is 0 Å². The number of hydrogen-bond acceptors (Lipinski definition) is 2. The first kappa shape index (κ1) is 9.15. The van der Waals surface area contributed by atoms with Crippen molar-refractivity contribution in [1.29, 1.82) is 0 Å². The van der Waals surface area contributed by atoms with E-state index in [1.807, 2.05) is 0 Å². The largest absolute Gasteiger partial charge is 0.478 e. The van der Waals surface area contributed by atoms with Gasteiger partial charge < -0.3 is 5.11 Å². The van der Waals surface area contributed by atoms with Gasteiger partial charge in [-0.1, -0.05) is 0 Å². The van der Waals surface area contributed by atoms with Gasteiger partial charge in [0.15, 0.2) is 0 Å². The SMILES string of the molecule is O=C(O)c1ccc2scc(CF)c2c1. The Bertz CT molecular complexity index is 490. The van der Waals surface area contributed by atoms with E-state index in [9.17, 15) is 9.18 Å². The predicted octanol–water partition coefficient (Wildman–Crippen LogP) is 3.07. The van der Waals surface area contributed by atoms with Crippen molar-refractivity contribution in [2.45, 2.75) is 6.67 Å². The molecule has 2 rings (SSSR count). The van der Waals surface area contributed by atoms with Crippen LogP contribution in [-0.2, 0) is 6.67 Å². The molecule has 0 saturated carbocycles. The number of benzene rings is 1. The van der Waals surface area contributed by atoms with Crippen molar-refractivity contribution in [1.82, 2.24) is 0 Å². The Morgan fingerprint density at radius 2 is 2.29 bits per heavy atom. The van der Waals surface area contributed by atoms with Gasteiger partial charge in [0.1, 0.15) is 6.67 Å². The van der Waals surface area contributed by atoms with E-state index < -0.39 is 12.6 Å². The fourth-order valence-corrected chi connectivity index (χ4v) is 2.24. The van der Waals surface area contributed by atoms with Crippen LogP contribution in [0.3, 0.4) is 0 Å². The molecule has 1 N–H and O–H groups in total. The highest BCUT2D eigenvalue weighted by molar-refractivity contribution is 7.17. The van der Waals surface area contributed by atoms with Crippen molar-refractivity contribution in [3.05, 3.63) is 34.7 Å². The molecular formula is C10H7FO2S. The first-order chi connectivity index (χ1) is 6.72. The number of aromatic carboxylic acids is 1. The topological polar surface area (TPSA) is 37.3 Å². The lowest BCUT2D eigenvalue weighted by molar-refractivity contribution is 0.0697. The number of alkyl halides is 1. The fourth-order valence-electron chi connectivity index (χ4n) is 1.32. The molecule has 0 amide bonds. The van der Waals surface area contributed by atoms with Crippen LogP contribution in [0.1, 0.15) is 15.9 Å². The number of rotatable bonds is 2. The molecule has 0 aliphatic carbocycles. The van der Waals surface area contributed by atoms with Crippen molar-refractivity contribution in [3.63, 3.8) is 0 Å². The van der Waals surface area contributed by atoms with Crippen LogP contribution in [0.5, 0.6) is 0 Å². The maximum absolute atomic E-state index is 12.5. The molecule has 0 unspecified atom stereocenters. The Hall–Kier alpha value is -1.42. The van der Waals surface area contributed by atoms with E-state index in [1.54, 1.807) is 11.4 Å². The van der Waals surface area contributed by atoms with E-state index >= 15 is 0 Å². The Morgan fingerprint density at radius 3 is 2.93 bits per heavy atom. The summed E-state index contributed by atoms with van der Waals surface area (Å²) in [5.41, 5.74) is 0.763. The highest BCUT2D eigenvalue weighted by Crippen LogP contribution is 2.27. The van der Waals surface area contributed by atoms with Gasteiger partial charge in [-0.05, 0) is 29.0 Å². The zero-order chi connectivity index (χ0) is 10.1. The summed E-state index contributed by atoms with van der Waals surface area (Å²) in [5.74, 6) is -0.983. The lowest BCUT2D eigenvalue weighted by Gasteiger charge is -1.96. The van der Waals surface area contributed by atoms with E-state index in [0.29, 0.717) is 10.9 Å². The van der Waals surface area contributed by atoms with Crippen molar-refractivity contribution >= 4 is 27.4 Å². The quantitative estimate of drug-likeness (QED) is 0.827. The van der Waals surface area contributed by atoms with Gasteiger partial charge in [0, 0.05) is 10.3 Å². The minimum absolute atomic E-state index is 0.200. The first-order valence-electron chi connectivity index (χ1n) is 4.02. The van der Waals surface area contributed by atoms with Gasteiger partial charge in [-0.3, -0.25) is 0 Å². The summed E-state index contributed by atoms with van der Waals surface area (Å²) in [5, 5.41) is 11.2. The van der Waals surface area contributed by atoms with Gasteiger partial charge in [0.05, 0.1) is 5.56 Å². The molecule has 1 heterocycles. The van der Waals surface area contributed by atoms with Crippen LogP contribution in [0.25, 0.3) is 10.1 Å². The second kappa shape index (κ2) is 3.38. The molecule has 14 heavy (non-hydrogen) atoms. The summed E-state index contributed by atoms with van der Waals surface area (Å²) in [6.07, 6.45) is 0. The molecule has 0 fully saturated rings. The summed E-state index contributed by atoms with van der Waals surface area (Å²) >= 11 is 1.43. The van der Waals surface area contributed by atoms with E-state index in [-0.39, 0.29) is 5.56 Å². The number of thiophene rings is 1. The third-order valence-electron chi connectivity index (χ3n) is 2.04. The van der Waals surface area contributed by atoms with Crippen LogP contribution >= 0.6 is 11.3 Å². The third-order valence-corrected chi connectivity index (χ3v) is 3.06. The highest BCUT2D eigenvalue weighted by Gasteiger charge is 2.07. The molecule has 1 aromatic heterocycles. The molecule has 2 aromatic rings. The van der Waals surface area contributed by atoms with Gasteiger partial charge in [0.25, 0.3) is 0 Å². The molecule has 1 aromatic carbocycles. The van der Waals surface area contributed by atoms with Crippen molar-refractivity contribution in [2.75, 3.05) is 0 Å². The van der Waals surface area contributed by atoms with Crippen LogP contribution in [0.4, 0.5) is 4.39 Å². The Labute approximate surface area is 83.6 Å². The summed E-state index contributed by atoms with van der Waals surface area (Å²) in [6, 6.07) is 4.76. The number of carboxylic acids is 1. The Kier molecular flexibility index (Phi) is 2.21. The van der Waals surface area contributed by atoms with Crippen LogP contribution in [-0.4, -0.2) is 11.1 Å². The van der Waals surface area contributed by atoms with Crippen molar-refractivity contribution in [2.24, 2.45) is 0 Å². The van der Waals surface area contributed by atoms with Crippen LogP contribution in [0.15, 0.2) is 23.6 Å². The number of carboxylic acid groups (broad SMARTS) is 1. The molecule has 0 saturated heterocycles. The molecule has 72 valence electrons. The molecule has 0 aliphatic rings. The average Bonchev–Trinajstić information content (AvgIpc) is 2.59. The summed E-state index contributed by atoms with van der Waals surface area (Å²) in [4.78, 5) is 10.7. The van der Waals surface area contributed by atoms with E-state index in [4.69, 9.17) is 5.11 Å². The van der Waals surface area contributed by atoms with Gasteiger partial charge in [-0.15, -0.1) is 11.3 Å². The highest BCUT2D eigenvalue weighted by atomic mass is 32.1. The second-order valence-corrected chi connectivity index (χ2v) is 3.82. The zero-order valence-electron chi connectivity index (χ0n) is 7.16. The predicted molar refractivity (Wildman–Crippen MR) is 53.6 cm³/mol. The van der Waals surface area contributed by atoms with Gasteiger partial charge in [0.2, 0.25) is 0 Å². The second-order valence-electron chi connectivity index (χ2n) is 2.91. The first-order valence-corrected chi connectivity index (χ1v) is 4.89. The average molecular weight is 210 g/mol. The molecule has 0 bridgehead atoms. The number of fused-ring (bicyclic) bond motifs is 1. The molecule has 0 spiro atoms. The molecule has 0 aliphatic heterocycles. The fraction of sp³-hybridized carbons (Fsp3) is 0.100. The van der Waals surface area contributed by atoms with Crippen LogP contribution < -0.4 is 0 Å². The molecule has 2 nitrogen and oxygen atoms in total. The van der Waals surface area contributed by atoms with Crippen LogP contribution in [0.2, 0.25) is 0 Å². The van der Waals surface area contributed by atoms with Gasteiger partial charge in [-0.25, -0.2) is 9.18 Å². The van der Waals surface area contributed by atoms with Crippen molar-refractivity contribution in [3.8, 4) is 0 Å². The summed E-state index contributed by atoms with van der Waals surface area (Å²) in [7, 11) is 0. The smallest absolute Gasteiger partial charge is 0.335 e. The minimum Gasteiger partial charge on any atom is -0.478 e. The zero-order valence-corrected chi connectivity index (χ0v) is 7.97. The normalized spacial score (nSPS) is 10.6. The summed E-state index contributed by atoms with van der Waals surface area (Å²) < 4.78 is 13.4. The summed E-state index contributed by atoms with van der Waals surface area (Å²) in [6.45, 7) is -0.553. The third kappa shape index (κ3) is 1.37. The van der Waals surface area contributed by atoms with E-state index in [0.717, 1.165) is 4.70 Å². The minimum atomic E-state index is -0.983. The Balaban J connectivity index is 2.67. The standard InChI is InChI=1S/C10H7FO2S/c11-4-7-5-14-9-2-1-6(10(12)13)3-8(7)9/h1-3,5H,4H2,(H,12,13). The molecule has 0 atom stereocenters. The van der Waals surface area contributed by atoms with Gasteiger partial charge >= 0.3 is 5.97 Å². The van der Waals surface area contributed by atoms with E-state index in [1.165, 1.54) is 23.5 Å². The molecular weight excluding hydrogens is 203 g/mol. The maximum atomic E-state index is 12.5. The number of halogens is 1. The number of hydrogen-bond donors (Lipinski definition) is 1. The molecule has 4 heteroatoms. The lowest BCUT2D eigenvalue weighted by atomic mass is 10.1. The molecule has 0 radical (unpaired) electrons. The lowest BCUT2D eigenvalue weighted by Crippen LogP contribution is -1.94. The van der Waals surface area contributed by atoms with Crippen LogP contribution in [0, 0.1) is 0 Å². The maximum Gasteiger partial charge on any atom is 0.335 e. The van der Waals surface area contributed by atoms with Gasteiger partial charge in [-0.2, -0.15) is 0 Å². The monoisotopic (exact) mass is 210 g/mol. The number of carbonyl (C=O) groups is 1. The van der Waals surface area contributed by atoms with Crippen molar-refractivity contribution < 1.29 is 14.3 Å². The Morgan fingerprint density at radius 1 is 1.50 bits per heavy atom.